The van der Waals surface area contributed by atoms with E-state index < -0.39 is 0 Å². The highest BCUT2D eigenvalue weighted by molar-refractivity contribution is 5.79. The minimum Gasteiger partial charge on any atom is -0.356 e. The molecule has 0 saturated heterocycles. The van der Waals surface area contributed by atoms with Crippen molar-refractivity contribution in [1.29, 1.82) is 0 Å². The molecule has 3 aromatic rings. The van der Waals surface area contributed by atoms with E-state index in [4.69, 9.17) is 0 Å². The van der Waals surface area contributed by atoms with Crippen LogP contribution in [0.25, 0.3) is 11.0 Å². The van der Waals surface area contributed by atoms with Crippen molar-refractivity contribution in [2.45, 2.75) is 39.2 Å². The van der Waals surface area contributed by atoms with Crippen LogP contribution >= 0.6 is 0 Å². The van der Waals surface area contributed by atoms with Crippen molar-refractivity contribution in [2.24, 2.45) is 0 Å². The van der Waals surface area contributed by atoms with Gasteiger partial charge in [0, 0.05) is 19.9 Å². The number of carbonyl (C=O) groups excluding carboxylic acids is 2. The molecule has 0 spiro atoms. The van der Waals surface area contributed by atoms with Gasteiger partial charge in [-0.3, -0.25) is 9.59 Å². The molecule has 0 saturated carbocycles. The van der Waals surface area contributed by atoms with Gasteiger partial charge in [-0.15, -0.1) is 0 Å². The summed E-state index contributed by atoms with van der Waals surface area (Å²) in [7, 11) is 0. The smallest absolute Gasteiger partial charge is 0.222 e. The van der Waals surface area contributed by atoms with Gasteiger partial charge >= 0.3 is 0 Å². The highest BCUT2D eigenvalue weighted by Gasteiger charge is 2.16. The lowest BCUT2D eigenvalue weighted by Crippen LogP contribution is -2.33. The number of imidazole rings is 1. The minimum atomic E-state index is -0.325. The van der Waals surface area contributed by atoms with Crippen LogP contribution in [-0.4, -0.2) is 28.3 Å². The lowest BCUT2D eigenvalue weighted by atomic mass is 10.0. The second-order valence-corrected chi connectivity index (χ2v) is 7.02. The molecule has 28 heavy (non-hydrogen) atoms. The summed E-state index contributed by atoms with van der Waals surface area (Å²) in [6, 6.07) is 15.5. The van der Waals surface area contributed by atoms with Gasteiger partial charge in [0.1, 0.15) is 5.82 Å². The molecule has 1 atom stereocenters. The predicted octanol–water partition coefficient (Wildman–Crippen LogP) is 3.19. The van der Waals surface area contributed by atoms with E-state index in [1.54, 1.807) is 0 Å². The van der Waals surface area contributed by atoms with E-state index in [9.17, 15) is 9.59 Å². The fraction of sp³-hybridized carbons (Fsp3) is 0.318. The van der Waals surface area contributed by atoms with E-state index >= 15 is 0 Å². The van der Waals surface area contributed by atoms with Crippen LogP contribution in [0.1, 0.15) is 42.8 Å². The first-order chi connectivity index (χ1) is 13.5. The maximum Gasteiger partial charge on any atom is 0.222 e. The molecule has 3 rings (SSSR count). The number of aromatic nitrogens is 2. The maximum atomic E-state index is 12.3. The van der Waals surface area contributed by atoms with E-state index in [0.29, 0.717) is 6.54 Å². The quantitative estimate of drug-likeness (QED) is 0.526. The number of H-pyrrole nitrogens is 1. The third-order valence-electron chi connectivity index (χ3n) is 4.60. The van der Waals surface area contributed by atoms with E-state index in [1.165, 1.54) is 6.92 Å². The molecule has 0 aliphatic carbocycles. The Morgan fingerprint density at radius 3 is 2.57 bits per heavy atom. The third kappa shape index (κ3) is 5.42. The Balaban J connectivity index is 1.48. The predicted molar refractivity (Wildman–Crippen MR) is 110 cm³/mol. The number of nitrogens with zero attached hydrogens (tertiary/aromatic N) is 1. The van der Waals surface area contributed by atoms with Crippen LogP contribution in [0.3, 0.4) is 0 Å². The molecular formula is C22H26N4O2. The Morgan fingerprint density at radius 1 is 1.11 bits per heavy atom. The maximum absolute atomic E-state index is 12.3. The first-order valence-corrected chi connectivity index (χ1v) is 9.55. The van der Waals surface area contributed by atoms with Crippen LogP contribution in [-0.2, 0) is 16.0 Å². The van der Waals surface area contributed by atoms with Gasteiger partial charge < -0.3 is 15.6 Å². The van der Waals surface area contributed by atoms with Crippen LogP contribution in [0.5, 0.6) is 0 Å². The van der Waals surface area contributed by atoms with E-state index in [-0.39, 0.29) is 24.3 Å². The molecule has 3 N–H and O–H groups in total. The average molecular weight is 378 g/mol. The molecule has 0 fully saturated rings. The van der Waals surface area contributed by atoms with E-state index in [1.807, 2.05) is 55.5 Å². The molecule has 6 heteroatoms. The number of amides is 2. The van der Waals surface area contributed by atoms with Gasteiger partial charge in [0.2, 0.25) is 11.8 Å². The van der Waals surface area contributed by atoms with Crippen molar-refractivity contribution in [3.8, 4) is 0 Å². The van der Waals surface area contributed by atoms with E-state index in [2.05, 4.69) is 20.6 Å². The highest BCUT2D eigenvalue weighted by Crippen LogP contribution is 2.17. The number of nitrogens with one attached hydrogen (secondary N) is 3. The van der Waals surface area contributed by atoms with Crippen LogP contribution < -0.4 is 10.6 Å². The van der Waals surface area contributed by atoms with Crippen molar-refractivity contribution in [3.63, 3.8) is 0 Å². The summed E-state index contributed by atoms with van der Waals surface area (Å²) in [4.78, 5) is 31.7. The lowest BCUT2D eigenvalue weighted by Gasteiger charge is -2.18. The number of fused-ring (bicyclic) bond motifs is 1. The van der Waals surface area contributed by atoms with Crippen molar-refractivity contribution in [2.75, 3.05) is 6.54 Å². The molecule has 2 amide bonds. The number of carbonyl (C=O) groups is 2. The Labute approximate surface area is 164 Å². The number of aromatic amines is 1. The number of hydrogen-bond donors (Lipinski definition) is 3. The molecule has 0 aliphatic heterocycles. The molecule has 1 unspecified atom stereocenters. The molecule has 146 valence electrons. The van der Waals surface area contributed by atoms with Crippen molar-refractivity contribution >= 4 is 22.8 Å². The summed E-state index contributed by atoms with van der Waals surface area (Å²) in [6.07, 6.45) is 1.77. The van der Waals surface area contributed by atoms with Crippen molar-refractivity contribution in [3.05, 3.63) is 65.5 Å². The van der Waals surface area contributed by atoms with E-state index in [0.717, 1.165) is 40.8 Å². The van der Waals surface area contributed by atoms with Crippen molar-refractivity contribution in [1.82, 2.24) is 20.6 Å². The van der Waals surface area contributed by atoms with Crippen LogP contribution in [0.15, 0.2) is 48.5 Å². The van der Waals surface area contributed by atoms with Gasteiger partial charge in [0.05, 0.1) is 23.5 Å². The van der Waals surface area contributed by atoms with Crippen molar-refractivity contribution < 1.29 is 9.59 Å². The fourth-order valence-corrected chi connectivity index (χ4v) is 3.16. The number of rotatable bonds is 8. The molecule has 0 aliphatic rings. The normalized spacial score (nSPS) is 11.9. The molecule has 6 nitrogen and oxygen atoms in total. The molecule has 1 aromatic heterocycles. The summed E-state index contributed by atoms with van der Waals surface area (Å²) in [5, 5.41) is 5.80. The molecule has 2 aromatic carbocycles. The van der Waals surface area contributed by atoms with Crippen LogP contribution in [0.2, 0.25) is 0 Å². The summed E-state index contributed by atoms with van der Waals surface area (Å²) < 4.78 is 0. The van der Waals surface area contributed by atoms with Gasteiger partial charge in [-0.25, -0.2) is 4.98 Å². The summed E-state index contributed by atoms with van der Waals surface area (Å²) in [6.45, 7) is 4.04. The number of hydrogen-bond acceptors (Lipinski definition) is 3. The first-order valence-electron chi connectivity index (χ1n) is 9.55. The SMILES string of the molecule is CC(=O)NC(CC(=O)NCCCc1nc2ccccc2[nH]1)c1ccc(C)cc1. The summed E-state index contributed by atoms with van der Waals surface area (Å²) in [5.74, 6) is 0.693. The van der Waals surface area contributed by atoms with Gasteiger partial charge in [0.25, 0.3) is 0 Å². The lowest BCUT2D eigenvalue weighted by molar-refractivity contribution is -0.122. The second kappa shape index (κ2) is 9.17. The molecular weight excluding hydrogens is 352 g/mol. The van der Waals surface area contributed by atoms with Crippen LogP contribution in [0.4, 0.5) is 0 Å². The Hall–Kier alpha value is -3.15. The topological polar surface area (TPSA) is 86.9 Å². The zero-order valence-electron chi connectivity index (χ0n) is 16.3. The third-order valence-corrected chi connectivity index (χ3v) is 4.60. The number of benzene rings is 2. The minimum absolute atomic E-state index is 0.0797. The zero-order chi connectivity index (χ0) is 19.9. The summed E-state index contributed by atoms with van der Waals surface area (Å²) in [5.41, 5.74) is 4.05. The van der Waals surface area contributed by atoms with Gasteiger partial charge in [-0.05, 0) is 31.0 Å². The Morgan fingerprint density at radius 2 is 1.86 bits per heavy atom. The first kappa shape index (κ1) is 19.6. The van der Waals surface area contributed by atoms with Gasteiger partial charge in [-0.2, -0.15) is 0 Å². The monoisotopic (exact) mass is 378 g/mol. The molecule has 0 bridgehead atoms. The highest BCUT2D eigenvalue weighted by atomic mass is 16.2. The molecule has 0 radical (unpaired) electrons. The average Bonchev–Trinajstić information content (AvgIpc) is 3.08. The second-order valence-electron chi connectivity index (χ2n) is 7.02. The van der Waals surface area contributed by atoms with Gasteiger partial charge in [-0.1, -0.05) is 42.0 Å². The standard InChI is InChI=1S/C22H26N4O2/c1-15-9-11-17(12-10-15)20(24-16(2)27)14-22(28)23-13-5-8-21-25-18-6-3-4-7-19(18)26-21/h3-4,6-7,9-12,20H,5,8,13-14H2,1-2H3,(H,23,28)(H,24,27)(H,25,26). The Kier molecular flexibility index (Phi) is 6.42. The number of para-hydroxylation sites is 2. The van der Waals surface area contributed by atoms with Crippen LogP contribution in [0, 0.1) is 6.92 Å². The molecule has 1 heterocycles. The largest absolute Gasteiger partial charge is 0.356 e. The number of aryl methyl sites for hydroxylation is 2. The Bertz CT molecular complexity index is 914. The fourth-order valence-electron chi connectivity index (χ4n) is 3.16. The zero-order valence-corrected chi connectivity index (χ0v) is 16.3. The van der Waals surface area contributed by atoms with Gasteiger partial charge in [0.15, 0.2) is 0 Å². The summed E-state index contributed by atoms with van der Waals surface area (Å²) >= 11 is 0.